The molecule has 5 nitrogen and oxygen atoms in total. The molecule has 0 unspecified atom stereocenters. The van der Waals surface area contributed by atoms with Gasteiger partial charge in [0.25, 0.3) is 0 Å². The highest BCUT2D eigenvalue weighted by Crippen LogP contribution is 2.18. The highest BCUT2D eigenvalue weighted by Gasteiger charge is 2.17. The molecule has 14 heavy (non-hydrogen) atoms. The highest BCUT2D eigenvalue weighted by molar-refractivity contribution is 5.32. The molecule has 0 bridgehead atoms. The molecule has 0 fully saturated rings. The first-order valence-electron chi connectivity index (χ1n) is 4.43. The van der Waals surface area contributed by atoms with Gasteiger partial charge in [-0.3, -0.25) is 14.8 Å². The van der Waals surface area contributed by atoms with Crippen LogP contribution in [0.2, 0.25) is 0 Å². The van der Waals surface area contributed by atoms with E-state index in [9.17, 15) is 10.1 Å². The van der Waals surface area contributed by atoms with E-state index in [0.717, 1.165) is 12.8 Å². The SMILES string of the molecule is C=CCCCc1c([N+](=O)[O-])cnn1C. The van der Waals surface area contributed by atoms with Gasteiger partial charge in [0.1, 0.15) is 11.9 Å². The molecule has 1 rings (SSSR count). The van der Waals surface area contributed by atoms with Crippen LogP contribution in [0.15, 0.2) is 18.9 Å². The first kappa shape index (κ1) is 10.4. The Morgan fingerprint density at radius 1 is 1.79 bits per heavy atom. The Balaban J connectivity index is 2.77. The fourth-order valence-corrected chi connectivity index (χ4v) is 1.31. The van der Waals surface area contributed by atoms with Crippen LogP contribution < -0.4 is 0 Å². The van der Waals surface area contributed by atoms with Crippen LogP contribution in [0.4, 0.5) is 5.69 Å². The van der Waals surface area contributed by atoms with Gasteiger partial charge in [0.15, 0.2) is 0 Å². The normalized spacial score (nSPS) is 10.1. The molecule has 1 aromatic heterocycles. The standard InChI is InChI=1S/C9H13N3O2/c1-3-4-5-6-8-9(12(13)14)7-10-11(8)2/h3,7H,1,4-6H2,2H3. The number of unbranched alkanes of at least 4 members (excludes halogenated alkanes) is 1. The minimum absolute atomic E-state index is 0.108. The largest absolute Gasteiger partial charge is 0.310 e. The molecular formula is C9H13N3O2. The van der Waals surface area contributed by atoms with Crippen LogP contribution in [-0.4, -0.2) is 14.7 Å². The van der Waals surface area contributed by atoms with E-state index in [0.29, 0.717) is 12.1 Å². The molecule has 0 spiro atoms. The zero-order chi connectivity index (χ0) is 10.6. The average molecular weight is 195 g/mol. The number of hydrogen-bond acceptors (Lipinski definition) is 3. The second-order valence-corrected chi connectivity index (χ2v) is 3.04. The fourth-order valence-electron chi connectivity index (χ4n) is 1.31. The molecule has 5 heteroatoms. The van der Waals surface area contributed by atoms with Crippen LogP contribution in [0, 0.1) is 10.1 Å². The third kappa shape index (κ3) is 2.18. The summed E-state index contributed by atoms with van der Waals surface area (Å²) in [7, 11) is 1.72. The molecule has 0 N–H and O–H groups in total. The van der Waals surface area contributed by atoms with Gasteiger partial charge in [-0.05, 0) is 19.3 Å². The third-order valence-corrected chi connectivity index (χ3v) is 2.06. The van der Waals surface area contributed by atoms with E-state index < -0.39 is 4.92 Å². The predicted octanol–water partition coefficient (Wildman–Crippen LogP) is 1.84. The molecule has 0 aromatic carbocycles. The van der Waals surface area contributed by atoms with Crippen LogP contribution in [0.1, 0.15) is 18.5 Å². The first-order valence-corrected chi connectivity index (χ1v) is 4.43. The molecule has 76 valence electrons. The average Bonchev–Trinajstić information content (AvgIpc) is 2.48. The number of nitro groups is 1. The minimum atomic E-state index is -0.393. The number of aryl methyl sites for hydroxylation is 1. The Kier molecular flexibility index (Phi) is 3.39. The maximum absolute atomic E-state index is 10.6. The van der Waals surface area contributed by atoms with Crippen molar-refractivity contribution >= 4 is 5.69 Å². The molecule has 0 radical (unpaired) electrons. The van der Waals surface area contributed by atoms with E-state index in [1.807, 2.05) is 6.08 Å². The van der Waals surface area contributed by atoms with Crippen molar-refractivity contribution in [2.45, 2.75) is 19.3 Å². The minimum Gasteiger partial charge on any atom is -0.265 e. The van der Waals surface area contributed by atoms with E-state index in [4.69, 9.17) is 0 Å². The smallest absolute Gasteiger partial charge is 0.265 e. The van der Waals surface area contributed by atoms with Crippen molar-refractivity contribution in [3.63, 3.8) is 0 Å². The summed E-state index contributed by atoms with van der Waals surface area (Å²) in [6.07, 6.45) is 5.50. The summed E-state index contributed by atoms with van der Waals surface area (Å²) in [4.78, 5) is 10.2. The van der Waals surface area contributed by atoms with Gasteiger partial charge in [0, 0.05) is 7.05 Å². The predicted molar refractivity (Wildman–Crippen MR) is 53.0 cm³/mol. The first-order chi connectivity index (χ1) is 6.66. The molecule has 0 aliphatic carbocycles. The summed E-state index contributed by atoms with van der Waals surface area (Å²) in [5.41, 5.74) is 0.786. The Morgan fingerprint density at radius 2 is 2.50 bits per heavy atom. The molecule has 1 heterocycles. The number of rotatable bonds is 5. The molecule has 1 aromatic rings. The third-order valence-electron chi connectivity index (χ3n) is 2.06. The number of allylic oxidation sites excluding steroid dienone is 1. The van der Waals surface area contributed by atoms with Crippen LogP contribution in [0.25, 0.3) is 0 Å². The van der Waals surface area contributed by atoms with Gasteiger partial charge in [-0.2, -0.15) is 5.10 Å². The van der Waals surface area contributed by atoms with Gasteiger partial charge in [-0.15, -0.1) is 6.58 Å². The van der Waals surface area contributed by atoms with E-state index >= 15 is 0 Å². The molecule has 0 saturated carbocycles. The van der Waals surface area contributed by atoms with Crippen molar-refractivity contribution in [3.05, 3.63) is 34.7 Å². The summed E-state index contributed by atoms with van der Waals surface area (Å²) >= 11 is 0. The second kappa shape index (κ2) is 4.55. The fraction of sp³-hybridized carbons (Fsp3) is 0.444. The van der Waals surface area contributed by atoms with Gasteiger partial charge in [0.05, 0.1) is 4.92 Å². The second-order valence-electron chi connectivity index (χ2n) is 3.04. The maximum Gasteiger partial charge on any atom is 0.310 e. The summed E-state index contributed by atoms with van der Waals surface area (Å²) in [5, 5.41) is 14.5. The van der Waals surface area contributed by atoms with Crippen molar-refractivity contribution in [1.29, 1.82) is 0 Å². The lowest BCUT2D eigenvalue weighted by Crippen LogP contribution is -2.00. The van der Waals surface area contributed by atoms with Crippen molar-refractivity contribution in [1.82, 2.24) is 9.78 Å². The van der Waals surface area contributed by atoms with Crippen molar-refractivity contribution in [3.8, 4) is 0 Å². The van der Waals surface area contributed by atoms with Gasteiger partial charge in [-0.1, -0.05) is 6.08 Å². The van der Waals surface area contributed by atoms with Crippen LogP contribution in [-0.2, 0) is 13.5 Å². The van der Waals surface area contributed by atoms with Gasteiger partial charge < -0.3 is 0 Å². The zero-order valence-corrected chi connectivity index (χ0v) is 8.14. The number of aromatic nitrogens is 2. The molecule has 0 aliphatic rings. The van der Waals surface area contributed by atoms with E-state index in [2.05, 4.69) is 11.7 Å². The molecule has 0 aliphatic heterocycles. The number of hydrogen-bond donors (Lipinski definition) is 0. The van der Waals surface area contributed by atoms with Gasteiger partial charge >= 0.3 is 5.69 Å². The molecule has 0 atom stereocenters. The molecule has 0 saturated heterocycles. The van der Waals surface area contributed by atoms with E-state index in [1.54, 1.807) is 11.7 Å². The highest BCUT2D eigenvalue weighted by atomic mass is 16.6. The summed E-state index contributed by atoms with van der Waals surface area (Å²) in [6, 6.07) is 0. The summed E-state index contributed by atoms with van der Waals surface area (Å²) < 4.78 is 1.56. The van der Waals surface area contributed by atoms with E-state index in [1.165, 1.54) is 6.20 Å². The lowest BCUT2D eigenvalue weighted by atomic mass is 10.2. The number of nitrogens with zero attached hydrogens (tertiary/aromatic N) is 3. The Morgan fingerprint density at radius 3 is 3.07 bits per heavy atom. The Labute approximate surface area is 82.2 Å². The lowest BCUT2D eigenvalue weighted by molar-refractivity contribution is -0.385. The summed E-state index contributed by atoms with van der Waals surface area (Å²) in [5.74, 6) is 0. The molecular weight excluding hydrogens is 182 g/mol. The zero-order valence-electron chi connectivity index (χ0n) is 8.14. The monoisotopic (exact) mass is 195 g/mol. The summed E-state index contributed by atoms with van der Waals surface area (Å²) in [6.45, 7) is 3.60. The van der Waals surface area contributed by atoms with E-state index in [-0.39, 0.29) is 5.69 Å². The van der Waals surface area contributed by atoms with Crippen LogP contribution in [0.3, 0.4) is 0 Å². The van der Waals surface area contributed by atoms with Crippen molar-refractivity contribution in [2.75, 3.05) is 0 Å². The lowest BCUT2D eigenvalue weighted by Gasteiger charge is -1.99. The topological polar surface area (TPSA) is 61.0 Å². The van der Waals surface area contributed by atoms with Crippen LogP contribution >= 0.6 is 0 Å². The van der Waals surface area contributed by atoms with Crippen molar-refractivity contribution < 1.29 is 4.92 Å². The van der Waals surface area contributed by atoms with Gasteiger partial charge in [0.2, 0.25) is 0 Å². The Bertz CT molecular complexity index is 344. The van der Waals surface area contributed by atoms with Crippen molar-refractivity contribution in [2.24, 2.45) is 7.05 Å². The maximum atomic E-state index is 10.6. The molecule has 0 amide bonds. The van der Waals surface area contributed by atoms with Crippen LogP contribution in [0.5, 0.6) is 0 Å². The Hall–Kier alpha value is -1.65. The quantitative estimate of drug-likeness (QED) is 0.311. The van der Waals surface area contributed by atoms with Gasteiger partial charge in [-0.25, -0.2) is 0 Å².